The van der Waals surface area contributed by atoms with Crippen LogP contribution in [0.25, 0.3) is 11.3 Å². The van der Waals surface area contributed by atoms with Gasteiger partial charge in [0.1, 0.15) is 17.7 Å². The Morgan fingerprint density at radius 1 is 1.00 bits per heavy atom. The number of hydrogen-bond acceptors (Lipinski definition) is 6. The lowest BCUT2D eigenvalue weighted by molar-refractivity contribution is -0.137. The lowest BCUT2D eigenvalue weighted by atomic mass is 10.1. The quantitative estimate of drug-likeness (QED) is 0.305. The maximum atomic E-state index is 14.5. The molecule has 1 unspecified atom stereocenters. The van der Waals surface area contributed by atoms with E-state index in [0.717, 1.165) is 56.0 Å². The van der Waals surface area contributed by atoms with E-state index in [1.807, 2.05) is 4.90 Å². The fourth-order valence-corrected chi connectivity index (χ4v) is 7.42. The van der Waals surface area contributed by atoms with E-state index in [-0.39, 0.29) is 6.54 Å². The number of alkyl halides is 5. The van der Waals surface area contributed by atoms with Gasteiger partial charge in [-0.15, -0.1) is 0 Å². The van der Waals surface area contributed by atoms with Gasteiger partial charge in [-0.05, 0) is 60.0 Å². The molecule has 0 saturated carbocycles. The Balaban J connectivity index is 1.39. The molecule has 2 aliphatic heterocycles. The third-order valence-electron chi connectivity index (χ3n) is 8.12. The van der Waals surface area contributed by atoms with Gasteiger partial charge in [0.05, 0.1) is 22.7 Å². The van der Waals surface area contributed by atoms with Crippen molar-refractivity contribution in [3.05, 3.63) is 77.6 Å². The molecule has 8 nitrogen and oxygen atoms in total. The molecule has 0 bridgehead atoms. The molecule has 2 saturated heterocycles. The summed E-state index contributed by atoms with van der Waals surface area (Å²) in [5.41, 5.74) is 0.413. The third kappa shape index (κ3) is 8.25. The van der Waals surface area contributed by atoms with E-state index < -0.39 is 63.3 Å². The van der Waals surface area contributed by atoms with E-state index in [2.05, 4.69) is 24.1 Å². The van der Waals surface area contributed by atoms with E-state index in [0.29, 0.717) is 46.0 Å². The Hall–Kier alpha value is -3.69. The van der Waals surface area contributed by atoms with Gasteiger partial charge in [0.15, 0.2) is 0 Å². The van der Waals surface area contributed by atoms with Crippen LogP contribution in [0.4, 0.5) is 32.2 Å². The van der Waals surface area contributed by atoms with Gasteiger partial charge < -0.3 is 10.2 Å². The fraction of sp³-hybridized carbons (Fsp3) is 0.438. The van der Waals surface area contributed by atoms with Crippen molar-refractivity contribution in [1.29, 1.82) is 0 Å². The Morgan fingerprint density at radius 3 is 2.23 bits per heavy atom. The number of pyridine rings is 1. The molecule has 0 radical (unpaired) electrons. The minimum Gasteiger partial charge on any atom is -0.354 e. The zero-order chi connectivity index (χ0) is 34.1. The number of piperazine rings is 1. The number of amides is 1. The molecule has 5 rings (SSSR count). The van der Waals surface area contributed by atoms with E-state index in [1.54, 1.807) is 12.1 Å². The average molecular weight is 684 g/mol. The highest BCUT2D eigenvalue weighted by Crippen LogP contribution is 2.36. The monoisotopic (exact) mass is 683 g/mol. The van der Waals surface area contributed by atoms with Crippen molar-refractivity contribution in [2.45, 2.75) is 49.8 Å². The number of nitrogens with zero attached hydrogens (tertiary/aromatic N) is 4. The van der Waals surface area contributed by atoms with Crippen molar-refractivity contribution in [2.75, 3.05) is 44.2 Å². The molecule has 1 N–H and O–H groups in total. The minimum absolute atomic E-state index is 0.193. The molecule has 2 fully saturated rings. The number of rotatable bonds is 9. The molecule has 0 spiro atoms. The summed E-state index contributed by atoms with van der Waals surface area (Å²) < 4.78 is 109. The van der Waals surface area contributed by atoms with E-state index in [9.17, 15) is 39.6 Å². The first-order valence-electron chi connectivity index (χ1n) is 15.1. The van der Waals surface area contributed by atoms with Crippen LogP contribution in [0, 0.1) is 11.7 Å². The van der Waals surface area contributed by atoms with Crippen LogP contribution in [0.2, 0.25) is 0 Å². The first-order chi connectivity index (χ1) is 22.0. The number of sulfonamides is 1. The van der Waals surface area contributed by atoms with Gasteiger partial charge in [-0.1, -0.05) is 26.0 Å². The Kier molecular flexibility index (Phi) is 9.90. The lowest BCUT2D eigenvalue weighted by Crippen LogP contribution is -2.47. The smallest absolute Gasteiger partial charge is 0.354 e. The number of carbonyl (C=O) groups excluding carboxylic acids is 1. The fourth-order valence-electron chi connectivity index (χ4n) is 5.80. The number of anilines is 1. The minimum atomic E-state index is -4.57. The topological polar surface area (TPSA) is 85.9 Å². The Labute approximate surface area is 269 Å². The molecule has 15 heteroatoms. The van der Waals surface area contributed by atoms with Gasteiger partial charge in [0.2, 0.25) is 15.9 Å². The lowest BCUT2D eigenvalue weighted by Gasteiger charge is -2.36. The van der Waals surface area contributed by atoms with Crippen LogP contribution < -0.4 is 10.2 Å². The van der Waals surface area contributed by atoms with E-state index in [1.165, 1.54) is 12.1 Å². The van der Waals surface area contributed by atoms with Crippen LogP contribution in [-0.2, 0) is 27.5 Å². The molecule has 3 heterocycles. The zero-order valence-corrected chi connectivity index (χ0v) is 26.6. The molecule has 2 aromatic carbocycles. The number of halogens is 6. The summed E-state index contributed by atoms with van der Waals surface area (Å²) in [6.45, 7) is 6.59. The molecule has 0 aliphatic carbocycles. The number of carbonyl (C=O) groups is 1. The number of nitrogens with one attached hydrogen (secondary N) is 1. The highest BCUT2D eigenvalue weighted by Gasteiger charge is 2.53. The number of aromatic nitrogens is 1. The third-order valence-corrected chi connectivity index (χ3v) is 9.98. The first kappa shape index (κ1) is 34.6. The molecule has 1 aromatic heterocycles. The summed E-state index contributed by atoms with van der Waals surface area (Å²) in [6.07, 6.45) is -5.56. The summed E-state index contributed by atoms with van der Waals surface area (Å²) in [6, 6.07) is 9.72. The normalized spacial score (nSPS) is 19.3. The second-order valence-electron chi connectivity index (χ2n) is 12.3. The van der Waals surface area contributed by atoms with Gasteiger partial charge in [0.25, 0.3) is 5.92 Å². The van der Waals surface area contributed by atoms with Gasteiger partial charge in [-0.2, -0.15) is 17.5 Å². The van der Waals surface area contributed by atoms with Crippen molar-refractivity contribution < 1.29 is 39.6 Å². The predicted molar refractivity (Wildman–Crippen MR) is 164 cm³/mol. The molecule has 1 atom stereocenters. The van der Waals surface area contributed by atoms with Gasteiger partial charge in [-0.25, -0.2) is 26.6 Å². The summed E-state index contributed by atoms with van der Waals surface area (Å²) in [5, 5.41) is 2.57. The van der Waals surface area contributed by atoms with Crippen LogP contribution in [0.15, 0.2) is 65.6 Å². The van der Waals surface area contributed by atoms with Crippen molar-refractivity contribution in [1.82, 2.24) is 19.5 Å². The van der Waals surface area contributed by atoms with Crippen molar-refractivity contribution in [3.8, 4) is 11.3 Å². The number of benzene rings is 2. The van der Waals surface area contributed by atoms with Crippen molar-refractivity contribution in [3.63, 3.8) is 0 Å². The second kappa shape index (κ2) is 13.4. The summed E-state index contributed by atoms with van der Waals surface area (Å²) in [4.78, 5) is 21.9. The second-order valence-corrected chi connectivity index (χ2v) is 14.2. The summed E-state index contributed by atoms with van der Waals surface area (Å²) in [5.74, 6) is -4.13. The van der Waals surface area contributed by atoms with Crippen molar-refractivity contribution in [2.24, 2.45) is 5.92 Å². The van der Waals surface area contributed by atoms with Crippen LogP contribution in [0.5, 0.6) is 0 Å². The van der Waals surface area contributed by atoms with Crippen LogP contribution in [-0.4, -0.2) is 79.7 Å². The van der Waals surface area contributed by atoms with Gasteiger partial charge >= 0.3 is 6.18 Å². The molecule has 254 valence electrons. The molecule has 2 aliphatic rings. The maximum absolute atomic E-state index is 14.5. The van der Waals surface area contributed by atoms with Crippen LogP contribution in [0.1, 0.15) is 31.4 Å². The summed E-state index contributed by atoms with van der Waals surface area (Å²) in [7, 11) is -4.57. The predicted octanol–water partition coefficient (Wildman–Crippen LogP) is 5.40. The maximum Gasteiger partial charge on any atom is 0.416 e. The molecule has 3 aromatic rings. The van der Waals surface area contributed by atoms with Crippen LogP contribution >= 0.6 is 0 Å². The molecular formula is C32H35F6N5O3S. The SMILES string of the molecule is CC(C)CN1CCN(c2cc(CNC(=O)C3CC(F)(F)CN3S(=O)(=O)c3ccc(F)cc3)cc(-c3ccc(C(F)(F)F)cc3)n2)CC1. The highest BCUT2D eigenvalue weighted by atomic mass is 32.2. The highest BCUT2D eigenvalue weighted by molar-refractivity contribution is 7.89. The van der Waals surface area contributed by atoms with E-state index >= 15 is 0 Å². The summed E-state index contributed by atoms with van der Waals surface area (Å²) >= 11 is 0. The zero-order valence-electron chi connectivity index (χ0n) is 25.8. The Morgan fingerprint density at radius 2 is 1.64 bits per heavy atom. The molecule has 1 amide bonds. The standard InChI is InChI=1S/C32H35F6N5O3S/c1-21(2)19-41-11-13-42(14-12-41)29-16-22(15-27(40-29)23-3-5-24(6-4-23)32(36,37)38)18-39-30(44)28-17-31(34,35)20-43(28)47(45,46)26-9-7-25(33)8-10-26/h3-10,15-16,21,28H,11-14,17-20H2,1-2H3,(H,39,44). The largest absolute Gasteiger partial charge is 0.416 e. The molecular weight excluding hydrogens is 648 g/mol. The Bertz CT molecular complexity index is 1680. The molecule has 47 heavy (non-hydrogen) atoms. The number of hydrogen-bond donors (Lipinski definition) is 1. The van der Waals surface area contributed by atoms with Crippen LogP contribution in [0.3, 0.4) is 0 Å². The van der Waals surface area contributed by atoms with Gasteiger partial charge in [-0.3, -0.25) is 9.69 Å². The van der Waals surface area contributed by atoms with Crippen molar-refractivity contribution >= 4 is 21.7 Å². The average Bonchev–Trinajstić information content (AvgIpc) is 3.36. The van der Waals surface area contributed by atoms with E-state index in [4.69, 9.17) is 4.98 Å². The first-order valence-corrected chi connectivity index (χ1v) is 16.5. The van der Waals surface area contributed by atoms with Gasteiger partial charge in [0, 0.05) is 51.3 Å².